The van der Waals surface area contributed by atoms with Gasteiger partial charge in [-0.2, -0.15) is 0 Å². The number of carbonyl (C=O) groups excluding carboxylic acids is 1. The number of anilines is 2. The quantitative estimate of drug-likeness (QED) is 0.763. The lowest BCUT2D eigenvalue weighted by Crippen LogP contribution is -2.16. The van der Waals surface area contributed by atoms with Crippen molar-refractivity contribution in [1.29, 1.82) is 0 Å². The van der Waals surface area contributed by atoms with E-state index in [0.29, 0.717) is 6.54 Å². The van der Waals surface area contributed by atoms with Gasteiger partial charge in [-0.25, -0.2) is 13.5 Å². The summed E-state index contributed by atoms with van der Waals surface area (Å²) in [5, 5.41) is 9.86. The molecule has 0 radical (unpaired) electrons. The molecule has 1 heterocycles. The van der Waals surface area contributed by atoms with Crippen LogP contribution < -0.4 is 11.1 Å². The Bertz CT molecular complexity index is 939. The number of halogens is 2. The minimum absolute atomic E-state index is 0.0394. The van der Waals surface area contributed by atoms with Gasteiger partial charge in [0.25, 0.3) is 5.91 Å². The Hall–Kier alpha value is -3.29. The van der Waals surface area contributed by atoms with E-state index in [2.05, 4.69) is 15.6 Å². The Morgan fingerprint density at radius 2 is 2.00 bits per heavy atom. The molecule has 2 aromatic carbocycles. The first kappa shape index (κ1) is 16.6. The fourth-order valence-electron chi connectivity index (χ4n) is 2.32. The van der Waals surface area contributed by atoms with Crippen LogP contribution in [0.1, 0.15) is 21.6 Å². The van der Waals surface area contributed by atoms with Crippen LogP contribution in [0.5, 0.6) is 0 Å². The molecule has 0 aliphatic rings. The van der Waals surface area contributed by atoms with Crippen molar-refractivity contribution in [3.8, 4) is 0 Å². The van der Waals surface area contributed by atoms with E-state index in [1.54, 1.807) is 0 Å². The number of nitrogen functional groups attached to an aromatic ring is 1. The second-order valence-electron chi connectivity index (χ2n) is 5.49. The van der Waals surface area contributed by atoms with Gasteiger partial charge < -0.3 is 11.1 Å². The molecular formula is C17H15F2N5O. The van der Waals surface area contributed by atoms with Crippen molar-refractivity contribution in [2.75, 3.05) is 11.1 Å². The molecule has 6 nitrogen and oxygen atoms in total. The zero-order valence-corrected chi connectivity index (χ0v) is 13.3. The highest BCUT2D eigenvalue weighted by Crippen LogP contribution is 2.18. The first-order valence-electron chi connectivity index (χ1n) is 7.45. The average molecular weight is 343 g/mol. The highest BCUT2D eigenvalue weighted by molar-refractivity contribution is 6.05. The van der Waals surface area contributed by atoms with Gasteiger partial charge in [-0.05, 0) is 30.2 Å². The zero-order chi connectivity index (χ0) is 18.0. The number of benzene rings is 2. The number of amides is 1. The van der Waals surface area contributed by atoms with Gasteiger partial charge in [-0.15, -0.1) is 5.10 Å². The molecule has 8 heteroatoms. The van der Waals surface area contributed by atoms with Crippen LogP contribution in [0.3, 0.4) is 0 Å². The molecule has 25 heavy (non-hydrogen) atoms. The van der Waals surface area contributed by atoms with Crippen LogP contribution in [0.2, 0.25) is 0 Å². The molecule has 128 valence electrons. The van der Waals surface area contributed by atoms with Gasteiger partial charge in [-0.3, -0.25) is 4.79 Å². The summed E-state index contributed by atoms with van der Waals surface area (Å²) < 4.78 is 28.2. The molecular weight excluding hydrogens is 328 g/mol. The van der Waals surface area contributed by atoms with E-state index in [4.69, 9.17) is 5.73 Å². The minimum Gasteiger partial charge on any atom is -0.382 e. The largest absolute Gasteiger partial charge is 0.382 e. The maximum atomic E-state index is 13.6. The SMILES string of the molecule is Cc1ccccc1Cn1nnc(C(=O)Nc2cc(F)ccc2F)c1N. The Balaban J connectivity index is 1.82. The topological polar surface area (TPSA) is 85.8 Å². The predicted molar refractivity (Wildman–Crippen MR) is 89.0 cm³/mol. The molecule has 3 aromatic rings. The van der Waals surface area contributed by atoms with Crippen LogP contribution in [0.4, 0.5) is 20.3 Å². The van der Waals surface area contributed by atoms with Crippen molar-refractivity contribution < 1.29 is 13.6 Å². The maximum absolute atomic E-state index is 13.6. The van der Waals surface area contributed by atoms with Crippen LogP contribution in [0.15, 0.2) is 42.5 Å². The zero-order valence-electron chi connectivity index (χ0n) is 13.3. The summed E-state index contributed by atoms with van der Waals surface area (Å²) in [5.74, 6) is -2.16. The summed E-state index contributed by atoms with van der Waals surface area (Å²) in [4.78, 5) is 12.2. The minimum atomic E-state index is -0.766. The molecule has 3 rings (SSSR count). The third kappa shape index (κ3) is 3.47. The number of nitrogens with two attached hydrogens (primary N) is 1. The summed E-state index contributed by atoms with van der Waals surface area (Å²) in [6.07, 6.45) is 0. The Morgan fingerprint density at radius 1 is 1.24 bits per heavy atom. The smallest absolute Gasteiger partial charge is 0.280 e. The van der Waals surface area contributed by atoms with Crippen LogP contribution in [-0.4, -0.2) is 20.9 Å². The van der Waals surface area contributed by atoms with Crippen LogP contribution in [-0.2, 0) is 6.54 Å². The first-order valence-corrected chi connectivity index (χ1v) is 7.45. The number of nitrogens with one attached hydrogen (secondary N) is 1. The third-order valence-electron chi connectivity index (χ3n) is 3.75. The van der Waals surface area contributed by atoms with Crippen molar-refractivity contribution in [1.82, 2.24) is 15.0 Å². The average Bonchev–Trinajstić information content (AvgIpc) is 2.94. The molecule has 1 aromatic heterocycles. The van der Waals surface area contributed by atoms with Gasteiger partial charge >= 0.3 is 0 Å². The van der Waals surface area contributed by atoms with E-state index in [-0.39, 0.29) is 17.2 Å². The number of hydrogen-bond acceptors (Lipinski definition) is 4. The molecule has 0 atom stereocenters. The lowest BCUT2D eigenvalue weighted by atomic mass is 10.1. The summed E-state index contributed by atoms with van der Waals surface area (Å²) in [6.45, 7) is 2.29. The lowest BCUT2D eigenvalue weighted by molar-refractivity contribution is 0.102. The van der Waals surface area contributed by atoms with E-state index in [9.17, 15) is 13.6 Å². The second-order valence-corrected chi connectivity index (χ2v) is 5.49. The van der Waals surface area contributed by atoms with Gasteiger partial charge in [0.2, 0.25) is 0 Å². The molecule has 0 saturated carbocycles. The molecule has 3 N–H and O–H groups in total. The monoisotopic (exact) mass is 343 g/mol. The highest BCUT2D eigenvalue weighted by atomic mass is 19.1. The number of rotatable bonds is 4. The molecule has 0 bridgehead atoms. The van der Waals surface area contributed by atoms with Crippen LogP contribution in [0.25, 0.3) is 0 Å². The first-order chi connectivity index (χ1) is 12.0. The highest BCUT2D eigenvalue weighted by Gasteiger charge is 2.19. The molecule has 0 spiro atoms. The molecule has 0 aliphatic heterocycles. The summed E-state index contributed by atoms with van der Waals surface area (Å²) in [7, 11) is 0. The Kier molecular flexibility index (Phi) is 4.42. The predicted octanol–water partition coefficient (Wildman–Crippen LogP) is 2.75. The Labute approximate surface area is 142 Å². The Morgan fingerprint density at radius 3 is 2.76 bits per heavy atom. The third-order valence-corrected chi connectivity index (χ3v) is 3.75. The van der Waals surface area contributed by atoms with Crippen molar-refractivity contribution in [2.45, 2.75) is 13.5 Å². The molecule has 0 aliphatic carbocycles. The van der Waals surface area contributed by atoms with Crippen molar-refractivity contribution in [2.24, 2.45) is 0 Å². The summed E-state index contributed by atoms with van der Waals surface area (Å²) >= 11 is 0. The molecule has 1 amide bonds. The van der Waals surface area contributed by atoms with Gasteiger partial charge in [0.15, 0.2) is 11.5 Å². The summed E-state index contributed by atoms with van der Waals surface area (Å²) in [6, 6.07) is 10.4. The van der Waals surface area contributed by atoms with E-state index in [0.717, 1.165) is 29.3 Å². The van der Waals surface area contributed by atoms with Gasteiger partial charge in [-0.1, -0.05) is 29.5 Å². The normalized spacial score (nSPS) is 10.7. The fourth-order valence-corrected chi connectivity index (χ4v) is 2.32. The van der Waals surface area contributed by atoms with Crippen LogP contribution in [0, 0.1) is 18.6 Å². The fraction of sp³-hybridized carbons (Fsp3) is 0.118. The number of nitrogens with zero attached hydrogens (tertiary/aromatic N) is 3. The van der Waals surface area contributed by atoms with Gasteiger partial charge in [0.1, 0.15) is 11.6 Å². The second kappa shape index (κ2) is 6.68. The van der Waals surface area contributed by atoms with E-state index < -0.39 is 17.5 Å². The standard InChI is InChI=1S/C17H15F2N5O/c1-10-4-2-3-5-11(10)9-24-16(20)15(22-23-24)17(25)21-14-8-12(18)6-7-13(14)19/h2-8H,9,20H2,1H3,(H,21,25). The molecule has 0 saturated heterocycles. The number of aryl methyl sites for hydroxylation is 1. The van der Waals surface area contributed by atoms with Crippen molar-refractivity contribution in [3.05, 3.63) is 70.9 Å². The number of hydrogen-bond donors (Lipinski definition) is 2. The van der Waals surface area contributed by atoms with Crippen molar-refractivity contribution in [3.63, 3.8) is 0 Å². The lowest BCUT2D eigenvalue weighted by Gasteiger charge is -2.07. The number of carbonyl (C=O) groups is 1. The van der Waals surface area contributed by atoms with E-state index in [1.807, 2.05) is 31.2 Å². The van der Waals surface area contributed by atoms with Crippen LogP contribution >= 0.6 is 0 Å². The number of aromatic nitrogens is 3. The summed E-state index contributed by atoms with van der Waals surface area (Å²) in [5.41, 5.74) is 7.50. The van der Waals surface area contributed by atoms with E-state index >= 15 is 0 Å². The van der Waals surface area contributed by atoms with Crippen molar-refractivity contribution >= 4 is 17.4 Å². The van der Waals surface area contributed by atoms with Gasteiger partial charge in [0.05, 0.1) is 12.2 Å². The maximum Gasteiger partial charge on any atom is 0.280 e. The van der Waals surface area contributed by atoms with Gasteiger partial charge in [0, 0.05) is 6.07 Å². The molecule has 0 unspecified atom stereocenters. The van der Waals surface area contributed by atoms with E-state index in [1.165, 1.54) is 4.68 Å². The molecule has 0 fully saturated rings.